The third-order valence-corrected chi connectivity index (χ3v) is 4.27. The van der Waals surface area contributed by atoms with Gasteiger partial charge in [-0.2, -0.15) is 0 Å². The Balaban J connectivity index is 1.65. The molecule has 0 bridgehead atoms. The zero-order valence-electron chi connectivity index (χ0n) is 13.9. The quantitative estimate of drug-likeness (QED) is 0.512. The van der Waals surface area contributed by atoms with Crippen molar-refractivity contribution in [2.45, 2.75) is 12.8 Å². The van der Waals surface area contributed by atoms with Crippen LogP contribution in [-0.2, 0) is 12.8 Å². The lowest BCUT2D eigenvalue weighted by atomic mass is 9.99. The van der Waals surface area contributed by atoms with E-state index >= 15 is 0 Å². The molecule has 0 aromatic heterocycles. The molecule has 0 nitrogen and oxygen atoms in total. The smallest absolute Gasteiger partial charge is 0.00258 e. The normalized spacial score (nSPS) is 10.3. The van der Waals surface area contributed by atoms with Gasteiger partial charge in [-0.15, -0.1) is 0 Å². The molecule has 0 heterocycles. The molecular formula is C24H22. The van der Waals surface area contributed by atoms with E-state index in [4.69, 9.17) is 0 Å². The number of benzene rings is 3. The van der Waals surface area contributed by atoms with Crippen LogP contribution in [0.1, 0.15) is 33.4 Å². The topological polar surface area (TPSA) is 0 Å². The van der Waals surface area contributed by atoms with Crippen LogP contribution < -0.4 is 0 Å². The highest BCUT2D eigenvalue weighted by Gasteiger charge is 2.00. The molecule has 0 fully saturated rings. The predicted octanol–water partition coefficient (Wildman–Crippen LogP) is 6.15. The Bertz CT molecular complexity index is 731. The molecule has 0 spiro atoms. The molecule has 0 amide bonds. The van der Waals surface area contributed by atoms with E-state index in [-0.39, 0.29) is 0 Å². The fourth-order valence-corrected chi connectivity index (χ4v) is 2.79. The van der Waals surface area contributed by atoms with Gasteiger partial charge in [0.05, 0.1) is 0 Å². The molecule has 0 aliphatic heterocycles. The summed E-state index contributed by atoms with van der Waals surface area (Å²) in [6.07, 6.45) is 5.68. The van der Waals surface area contributed by atoms with Crippen molar-refractivity contribution in [3.05, 3.63) is 119 Å². The molecule has 3 aromatic carbocycles. The minimum Gasteiger partial charge on any atom is -0.0985 e. The van der Waals surface area contributed by atoms with Gasteiger partial charge in [0.15, 0.2) is 0 Å². The summed E-state index contributed by atoms with van der Waals surface area (Å²) in [5.74, 6) is 0. The number of hydrogen-bond donors (Lipinski definition) is 0. The molecule has 0 aliphatic carbocycles. The first-order valence-corrected chi connectivity index (χ1v) is 8.27. The summed E-state index contributed by atoms with van der Waals surface area (Å²) in [6.45, 7) is 7.59. The third-order valence-electron chi connectivity index (χ3n) is 4.27. The van der Waals surface area contributed by atoms with E-state index in [1.54, 1.807) is 0 Å². The summed E-state index contributed by atoms with van der Waals surface area (Å²) >= 11 is 0. The fraction of sp³-hybridized carbons (Fsp3) is 0.0833. The molecular weight excluding hydrogens is 288 g/mol. The van der Waals surface area contributed by atoms with Crippen LogP contribution in [0.15, 0.2) is 86.0 Å². The monoisotopic (exact) mass is 310 g/mol. The lowest BCUT2D eigenvalue weighted by molar-refractivity contribution is 1.15. The van der Waals surface area contributed by atoms with Crippen molar-refractivity contribution in [3.8, 4) is 0 Å². The van der Waals surface area contributed by atoms with Crippen LogP contribution in [0, 0.1) is 0 Å². The Labute approximate surface area is 144 Å². The van der Waals surface area contributed by atoms with Gasteiger partial charge in [0.1, 0.15) is 0 Å². The van der Waals surface area contributed by atoms with Crippen LogP contribution >= 0.6 is 0 Å². The van der Waals surface area contributed by atoms with Gasteiger partial charge in [0.25, 0.3) is 0 Å². The van der Waals surface area contributed by atoms with Crippen molar-refractivity contribution in [2.24, 2.45) is 0 Å². The zero-order valence-corrected chi connectivity index (χ0v) is 13.9. The second-order valence-electron chi connectivity index (χ2n) is 6.06. The Hall–Kier alpha value is -2.86. The minimum absolute atomic E-state index is 0.964. The van der Waals surface area contributed by atoms with E-state index in [9.17, 15) is 0 Å². The summed E-state index contributed by atoms with van der Waals surface area (Å²) in [6, 6.07) is 26.1. The van der Waals surface area contributed by atoms with Crippen LogP contribution in [-0.4, -0.2) is 0 Å². The summed E-state index contributed by atoms with van der Waals surface area (Å²) in [4.78, 5) is 0. The first-order valence-electron chi connectivity index (χ1n) is 8.27. The summed E-state index contributed by atoms with van der Waals surface area (Å²) in [7, 11) is 0. The molecule has 3 rings (SSSR count). The second-order valence-corrected chi connectivity index (χ2v) is 6.06. The molecule has 24 heavy (non-hydrogen) atoms. The first-order chi connectivity index (χ1) is 11.8. The first kappa shape index (κ1) is 16.0. The van der Waals surface area contributed by atoms with Crippen LogP contribution in [0.5, 0.6) is 0 Å². The fourth-order valence-electron chi connectivity index (χ4n) is 2.79. The number of hydrogen-bond acceptors (Lipinski definition) is 0. The Morgan fingerprint density at radius 2 is 0.708 bits per heavy atom. The van der Waals surface area contributed by atoms with Gasteiger partial charge in [-0.1, -0.05) is 98.1 Å². The highest BCUT2D eigenvalue weighted by molar-refractivity contribution is 5.48. The Morgan fingerprint density at radius 3 is 0.958 bits per heavy atom. The van der Waals surface area contributed by atoms with Crippen molar-refractivity contribution >= 4 is 12.2 Å². The maximum absolute atomic E-state index is 3.79. The maximum Gasteiger partial charge on any atom is -0.00258 e. The third kappa shape index (κ3) is 4.11. The Morgan fingerprint density at radius 1 is 0.458 bits per heavy atom. The molecule has 0 radical (unpaired) electrons. The van der Waals surface area contributed by atoms with Crippen molar-refractivity contribution < 1.29 is 0 Å². The van der Waals surface area contributed by atoms with E-state index in [1.165, 1.54) is 22.3 Å². The maximum atomic E-state index is 3.79. The van der Waals surface area contributed by atoms with E-state index in [0.717, 1.165) is 24.0 Å². The molecule has 0 aliphatic rings. The van der Waals surface area contributed by atoms with E-state index in [1.807, 2.05) is 12.2 Å². The highest BCUT2D eigenvalue weighted by Crippen LogP contribution is 2.15. The minimum atomic E-state index is 0.964. The van der Waals surface area contributed by atoms with Crippen molar-refractivity contribution in [2.75, 3.05) is 0 Å². The lowest BCUT2D eigenvalue weighted by Crippen LogP contribution is -1.91. The average molecular weight is 310 g/mol. The van der Waals surface area contributed by atoms with E-state index in [2.05, 4.69) is 86.0 Å². The van der Waals surface area contributed by atoms with Crippen molar-refractivity contribution in [3.63, 3.8) is 0 Å². The number of rotatable bonds is 6. The second kappa shape index (κ2) is 7.61. The van der Waals surface area contributed by atoms with Gasteiger partial charge in [-0.25, -0.2) is 0 Å². The van der Waals surface area contributed by atoms with Crippen LogP contribution in [0.3, 0.4) is 0 Å². The van der Waals surface area contributed by atoms with Gasteiger partial charge >= 0.3 is 0 Å². The van der Waals surface area contributed by atoms with Crippen LogP contribution in [0.4, 0.5) is 0 Å². The van der Waals surface area contributed by atoms with Gasteiger partial charge in [-0.05, 0) is 46.2 Å². The average Bonchev–Trinajstić information content (AvgIpc) is 2.65. The molecule has 0 heteroatoms. The van der Waals surface area contributed by atoms with Crippen molar-refractivity contribution in [1.29, 1.82) is 0 Å². The van der Waals surface area contributed by atoms with Gasteiger partial charge in [0, 0.05) is 0 Å². The van der Waals surface area contributed by atoms with Crippen LogP contribution in [0.2, 0.25) is 0 Å². The summed E-state index contributed by atoms with van der Waals surface area (Å²) in [5, 5.41) is 0. The predicted molar refractivity (Wildman–Crippen MR) is 105 cm³/mol. The molecule has 3 aromatic rings. The largest absolute Gasteiger partial charge is 0.0985 e. The van der Waals surface area contributed by atoms with Gasteiger partial charge in [0.2, 0.25) is 0 Å². The molecule has 0 atom stereocenters. The summed E-state index contributed by atoms with van der Waals surface area (Å²) < 4.78 is 0. The van der Waals surface area contributed by atoms with Gasteiger partial charge in [-0.3, -0.25) is 0 Å². The van der Waals surface area contributed by atoms with E-state index < -0.39 is 0 Å². The molecule has 118 valence electrons. The van der Waals surface area contributed by atoms with E-state index in [0.29, 0.717) is 0 Å². The summed E-state index contributed by atoms with van der Waals surface area (Å²) in [5.41, 5.74) is 7.66. The van der Waals surface area contributed by atoms with Crippen molar-refractivity contribution in [1.82, 2.24) is 0 Å². The van der Waals surface area contributed by atoms with Gasteiger partial charge < -0.3 is 0 Å². The molecule has 0 N–H and O–H groups in total. The standard InChI is InChI=1S/C24H22/c1-3-19-5-9-21(10-6-19)17-23-13-15-24(16-14-23)18-22-11-7-20(4-2)8-12-22/h3-16H,1-2,17-18H2. The highest BCUT2D eigenvalue weighted by atomic mass is 14.0. The lowest BCUT2D eigenvalue weighted by Gasteiger charge is -2.06. The Kier molecular flexibility index (Phi) is 5.08. The molecule has 0 saturated carbocycles. The SMILES string of the molecule is C=Cc1ccc(Cc2ccc(Cc3ccc(C=C)cc3)cc2)cc1. The molecule has 0 unspecified atom stereocenters. The van der Waals surface area contributed by atoms with Crippen LogP contribution in [0.25, 0.3) is 12.2 Å². The molecule has 0 saturated heterocycles. The zero-order chi connectivity index (χ0) is 16.8.